The van der Waals surface area contributed by atoms with E-state index in [9.17, 15) is 31.1 Å². The molecule has 1 atom stereocenters. The highest BCUT2D eigenvalue weighted by molar-refractivity contribution is 5.94. The van der Waals surface area contributed by atoms with Gasteiger partial charge in [-0.3, -0.25) is 9.78 Å². The zero-order chi connectivity index (χ0) is 30.8. The molecule has 2 aliphatic rings. The summed E-state index contributed by atoms with van der Waals surface area (Å²) in [5.74, 6) is -4.64. The van der Waals surface area contributed by atoms with Gasteiger partial charge in [0.15, 0.2) is 0 Å². The van der Waals surface area contributed by atoms with Crippen LogP contribution in [0.25, 0.3) is 0 Å². The number of alkyl halides is 6. The third-order valence-corrected chi connectivity index (χ3v) is 6.31. The van der Waals surface area contributed by atoms with Crippen molar-refractivity contribution in [2.24, 2.45) is 5.41 Å². The molecule has 11 nitrogen and oxygen atoms in total. The maximum absolute atomic E-state index is 12.7. The number of carbonyl (C=O) groups is 3. The van der Waals surface area contributed by atoms with E-state index >= 15 is 0 Å². The van der Waals surface area contributed by atoms with Crippen LogP contribution in [0.1, 0.15) is 29.6 Å². The van der Waals surface area contributed by atoms with Crippen LogP contribution in [0.4, 0.5) is 32.3 Å². The maximum Gasteiger partial charge on any atom is 0.490 e. The number of amides is 1. The Balaban J connectivity index is 0.000000349. The van der Waals surface area contributed by atoms with Crippen molar-refractivity contribution in [3.63, 3.8) is 0 Å². The summed E-state index contributed by atoms with van der Waals surface area (Å²) in [6, 6.07) is 5.68. The Morgan fingerprint density at radius 2 is 1.44 bits per heavy atom. The summed E-state index contributed by atoms with van der Waals surface area (Å²) in [6.45, 7) is 3.15. The summed E-state index contributed by atoms with van der Waals surface area (Å²) in [4.78, 5) is 47.6. The molecule has 2 N–H and O–H groups in total. The summed E-state index contributed by atoms with van der Waals surface area (Å²) < 4.78 is 68.9. The number of aromatic nitrogens is 3. The van der Waals surface area contributed by atoms with E-state index < -0.39 is 24.3 Å². The van der Waals surface area contributed by atoms with Crippen LogP contribution < -0.4 is 4.90 Å². The van der Waals surface area contributed by atoms with Crippen LogP contribution in [0.2, 0.25) is 0 Å². The summed E-state index contributed by atoms with van der Waals surface area (Å²) in [5, 5.41) is 14.2. The number of carbonyl (C=O) groups excluding carboxylic acids is 1. The molecule has 41 heavy (non-hydrogen) atoms. The Morgan fingerprint density at radius 1 is 0.951 bits per heavy atom. The molecule has 0 aliphatic carbocycles. The van der Waals surface area contributed by atoms with Crippen molar-refractivity contribution in [1.82, 2.24) is 19.9 Å². The van der Waals surface area contributed by atoms with Gasteiger partial charge in [0.25, 0.3) is 5.91 Å². The van der Waals surface area contributed by atoms with Crippen LogP contribution in [0, 0.1) is 5.41 Å². The molecule has 0 bridgehead atoms. The van der Waals surface area contributed by atoms with Crippen LogP contribution in [0.15, 0.2) is 43.0 Å². The number of anilines is 1. The SMILES string of the molecule is COCC1CC2(CCN(C(=O)c3ccncc3)CC2)CN1c1ncccn1.O=C(O)C(F)(F)F.O=C(O)C(F)(F)F. The highest BCUT2D eigenvalue weighted by atomic mass is 19.4. The van der Waals surface area contributed by atoms with Gasteiger partial charge in [0.2, 0.25) is 5.95 Å². The molecule has 2 aromatic rings. The lowest BCUT2D eigenvalue weighted by molar-refractivity contribution is -0.193. The topological polar surface area (TPSA) is 146 Å². The molecular weight excluding hydrogens is 568 g/mol. The van der Waals surface area contributed by atoms with E-state index in [1.54, 1.807) is 44.0 Å². The Kier molecular flexibility index (Phi) is 11.4. The number of piperidine rings is 1. The Morgan fingerprint density at radius 3 is 1.88 bits per heavy atom. The first-order valence-electron chi connectivity index (χ1n) is 11.9. The predicted molar refractivity (Wildman–Crippen MR) is 129 cm³/mol. The van der Waals surface area contributed by atoms with Crippen molar-refractivity contribution in [2.45, 2.75) is 37.7 Å². The number of nitrogens with zero attached hydrogens (tertiary/aromatic N) is 5. The summed E-state index contributed by atoms with van der Waals surface area (Å²) >= 11 is 0. The number of methoxy groups -OCH3 is 1. The highest BCUT2D eigenvalue weighted by Gasteiger charge is 2.47. The first kappa shape index (κ1) is 33.2. The third-order valence-electron chi connectivity index (χ3n) is 6.31. The minimum atomic E-state index is -5.08. The van der Waals surface area contributed by atoms with Crippen LogP contribution in [-0.2, 0) is 14.3 Å². The second-order valence-electron chi connectivity index (χ2n) is 9.12. The largest absolute Gasteiger partial charge is 0.490 e. The molecule has 226 valence electrons. The van der Waals surface area contributed by atoms with Crippen LogP contribution in [0.3, 0.4) is 0 Å². The number of likely N-dealkylation sites (tertiary alicyclic amines) is 1. The van der Waals surface area contributed by atoms with Gasteiger partial charge in [-0.1, -0.05) is 0 Å². The smallest absolute Gasteiger partial charge is 0.475 e. The number of aliphatic carboxylic acids is 2. The predicted octanol–water partition coefficient (Wildman–Crippen LogP) is 3.29. The van der Waals surface area contributed by atoms with Crippen molar-refractivity contribution in [1.29, 1.82) is 0 Å². The first-order valence-corrected chi connectivity index (χ1v) is 11.9. The van der Waals surface area contributed by atoms with Gasteiger partial charge in [0.05, 0.1) is 12.6 Å². The van der Waals surface area contributed by atoms with E-state index in [0.29, 0.717) is 12.2 Å². The molecule has 2 aromatic heterocycles. The molecule has 4 heterocycles. The average molecular weight is 595 g/mol. The fraction of sp³-hybridized carbons (Fsp3) is 0.500. The standard InChI is InChI=1S/C20H25N5O2.2C2HF3O2/c1-27-14-17-13-20(15-25(17)19-22-7-2-8-23-19)5-11-24(12-6-20)18(26)16-3-9-21-10-4-16;2*3-2(4,5)1(6)7/h2-4,7-10,17H,5-6,11-15H2,1H3;2*(H,6,7). The molecule has 1 spiro atoms. The Hall–Kier alpha value is -4.02. The van der Waals surface area contributed by atoms with E-state index in [0.717, 1.165) is 44.8 Å². The van der Waals surface area contributed by atoms with Gasteiger partial charge < -0.3 is 24.7 Å². The Labute approximate surface area is 229 Å². The summed E-state index contributed by atoms with van der Waals surface area (Å²) in [7, 11) is 1.74. The lowest BCUT2D eigenvalue weighted by atomic mass is 9.76. The van der Waals surface area contributed by atoms with Crippen molar-refractivity contribution >= 4 is 23.8 Å². The van der Waals surface area contributed by atoms with Crippen LogP contribution >= 0.6 is 0 Å². The normalized spacial score (nSPS) is 18.1. The average Bonchev–Trinajstić information content (AvgIpc) is 3.27. The quantitative estimate of drug-likeness (QED) is 0.505. The number of carboxylic acids is 2. The molecule has 2 aliphatic heterocycles. The van der Waals surface area contributed by atoms with Gasteiger partial charge in [-0.25, -0.2) is 19.6 Å². The molecular formula is C24H27F6N5O6. The fourth-order valence-corrected chi connectivity index (χ4v) is 4.40. The van der Waals surface area contributed by atoms with Crippen molar-refractivity contribution in [2.75, 3.05) is 38.3 Å². The number of hydrogen-bond acceptors (Lipinski definition) is 8. The van der Waals surface area contributed by atoms with E-state index in [2.05, 4.69) is 19.9 Å². The molecule has 1 unspecified atom stereocenters. The lowest BCUT2D eigenvalue weighted by Crippen LogP contribution is -2.44. The molecule has 4 rings (SSSR count). The van der Waals surface area contributed by atoms with Crippen molar-refractivity contribution in [3.05, 3.63) is 48.5 Å². The molecule has 2 fully saturated rings. The van der Waals surface area contributed by atoms with Crippen LogP contribution in [0.5, 0.6) is 0 Å². The number of pyridine rings is 1. The van der Waals surface area contributed by atoms with E-state index in [-0.39, 0.29) is 17.4 Å². The van der Waals surface area contributed by atoms with Gasteiger partial charge in [0, 0.05) is 57.1 Å². The molecule has 0 saturated carbocycles. The number of halogens is 6. The number of hydrogen-bond donors (Lipinski definition) is 2. The molecule has 17 heteroatoms. The third kappa shape index (κ3) is 9.84. The van der Waals surface area contributed by atoms with Gasteiger partial charge in [0.1, 0.15) is 0 Å². The fourth-order valence-electron chi connectivity index (χ4n) is 4.40. The van der Waals surface area contributed by atoms with E-state index in [1.807, 2.05) is 11.0 Å². The molecule has 0 aromatic carbocycles. The first-order chi connectivity index (χ1) is 19.1. The number of rotatable bonds is 4. The summed E-state index contributed by atoms with van der Waals surface area (Å²) in [6.07, 6.45) is -0.219. The second kappa shape index (κ2) is 14.0. The minimum absolute atomic E-state index is 0.0990. The Bertz CT molecular complexity index is 1120. The van der Waals surface area contributed by atoms with E-state index in [4.69, 9.17) is 24.5 Å². The zero-order valence-electron chi connectivity index (χ0n) is 21.6. The van der Waals surface area contributed by atoms with Gasteiger partial charge in [-0.15, -0.1) is 0 Å². The molecule has 1 amide bonds. The maximum atomic E-state index is 12.7. The minimum Gasteiger partial charge on any atom is -0.475 e. The summed E-state index contributed by atoms with van der Waals surface area (Å²) in [5.41, 5.74) is 0.904. The van der Waals surface area contributed by atoms with Gasteiger partial charge >= 0.3 is 24.3 Å². The highest BCUT2D eigenvalue weighted by Crippen LogP contribution is 2.44. The number of ether oxygens (including phenoxy) is 1. The monoisotopic (exact) mass is 595 g/mol. The molecule has 2 saturated heterocycles. The number of carboxylic acid groups (broad SMARTS) is 2. The molecule has 0 radical (unpaired) electrons. The van der Waals surface area contributed by atoms with Gasteiger partial charge in [-0.2, -0.15) is 26.3 Å². The lowest BCUT2D eigenvalue weighted by Gasteiger charge is -2.39. The van der Waals surface area contributed by atoms with Crippen molar-refractivity contribution < 1.29 is 55.7 Å². The zero-order valence-corrected chi connectivity index (χ0v) is 21.6. The van der Waals surface area contributed by atoms with Crippen LogP contribution in [-0.4, -0.2) is 99.7 Å². The van der Waals surface area contributed by atoms with E-state index in [1.165, 1.54) is 0 Å². The van der Waals surface area contributed by atoms with Crippen molar-refractivity contribution in [3.8, 4) is 0 Å². The second-order valence-corrected chi connectivity index (χ2v) is 9.12. The van der Waals surface area contributed by atoms with Gasteiger partial charge in [-0.05, 0) is 42.9 Å².